The third kappa shape index (κ3) is 3.74. The second kappa shape index (κ2) is 7.66. The summed E-state index contributed by atoms with van der Waals surface area (Å²) < 4.78 is 0. The van der Waals surface area contributed by atoms with Crippen LogP contribution in [0.3, 0.4) is 0 Å². The fourth-order valence-corrected chi connectivity index (χ4v) is 3.66. The smallest absolute Gasteiger partial charge is 0.251 e. The van der Waals surface area contributed by atoms with Gasteiger partial charge in [-0.2, -0.15) is 0 Å². The van der Waals surface area contributed by atoms with Crippen molar-refractivity contribution in [1.82, 2.24) is 15.3 Å². The predicted octanol–water partition coefficient (Wildman–Crippen LogP) is 3.22. The topological polar surface area (TPSA) is 64.7 Å². The average Bonchev–Trinajstić information content (AvgIpc) is 3.12. The van der Waals surface area contributed by atoms with Crippen LogP contribution in [0.1, 0.15) is 23.6 Å². The standard InChI is InChI=1S/C21H21ClN4O2/c1-14-4-2-3-5-17(14)23-20(27)13-25-10-11-26-19(21(25)28)12-18(24-26)15-6-8-16(22)9-7-15/h2-11,18-19,24H,12-13H2,1H3,(H,23,27). The maximum Gasteiger partial charge on any atom is 0.251 e. The highest BCUT2D eigenvalue weighted by Gasteiger charge is 2.40. The Morgan fingerprint density at radius 1 is 1.18 bits per heavy atom. The molecule has 1 saturated heterocycles. The first-order valence-electron chi connectivity index (χ1n) is 9.15. The summed E-state index contributed by atoms with van der Waals surface area (Å²) in [6.45, 7) is 1.92. The summed E-state index contributed by atoms with van der Waals surface area (Å²) in [5.74, 6) is -0.313. The van der Waals surface area contributed by atoms with Crippen LogP contribution in [0.15, 0.2) is 60.9 Å². The summed E-state index contributed by atoms with van der Waals surface area (Å²) in [5.41, 5.74) is 6.15. The van der Waals surface area contributed by atoms with Gasteiger partial charge in [0, 0.05) is 23.1 Å². The highest BCUT2D eigenvalue weighted by molar-refractivity contribution is 6.30. The fraction of sp³-hybridized carbons (Fsp3) is 0.238. The van der Waals surface area contributed by atoms with Crippen molar-refractivity contribution in [2.75, 3.05) is 11.9 Å². The minimum absolute atomic E-state index is 0.0143. The van der Waals surface area contributed by atoms with Crippen LogP contribution in [-0.2, 0) is 9.59 Å². The molecule has 1 fully saturated rings. The Balaban J connectivity index is 1.40. The Labute approximate surface area is 168 Å². The number of aryl methyl sites for hydroxylation is 1. The molecule has 6 nitrogen and oxygen atoms in total. The normalized spacial score (nSPS) is 21.0. The van der Waals surface area contributed by atoms with E-state index < -0.39 is 0 Å². The number of nitrogens with zero attached hydrogens (tertiary/aromatic N) is 2. The van der Waals surface area contributed by atoms with E-state index in [-0.39, 0.29) is 30.4 Å². The van der Waals surface area contributed by atoms with Gasteiger partial charge >= 0.3 is 0 Å². The number of amides is 2. The third-order valence-electron chi connectivity index (χ3n) is 5.08. The van der Waals surface area contributed by atoms with Crippen LogP contribution in [0.25, 0.3) is 0 Å². The summed E-state index contributed by atoms with van der Waals surface area (Å²) in [6.07, 6.45) is 4.08. The molecular weight excluding hydrogens is 376 g/mol. The lowest BCUT2D eigenvalue weighted by molar-refractivity contribution is -0.137. The van der Waals surface area contributed by atoms with Crippen molar-refractivity contribution >= 4 is 29.1 Å². The van der Waals surface area contributed by atoms with E-state index in [4.69, 9.17) is 11.6 Å². The highest BCUT2D eigenvalue weighted by Crippen LogP contribution is 2.31. The van der Waals surface area contributed by atoms with Gasteiger partial charge in [-0.05, 0) is 42.7 Å². The van der Waals surface area contributed by atoms with Crippen LogP contribution in [0.2, 0.25) is 5.02 Å². The molecular formula is C21H21ClN4O2. The SMILES string of the molecule is Cc1ccccc1NC(=O)CN1C=CN2NC(c3ccc(Cl)cc3)CC2C1=O. The molecule has 2 amide bonds. The van der Waals surface area contributed by atoms with Crippen molar-refractivity contribution in [3.05, 3.63) is 77.1 Å². The number of hydrazine groups is 1. The van der Waals surface area contributed by atoms with Crippen molar-refractivity contribution in [2.24, 2.45) is 0 Å². The molecule has 2 unspecified atom stereocenters. The molecule has 2 aromatic carbocycles. The Bertz CT molecular complexity index is 928. The van der Waals surface area contributed by atoms with Crippen LogP contribution in [0.4, 0.5) is 5.69 Å². The Hall–Kier alpha value is -2.83. The van der Waals surface area contributed by atoms with Gasteiger partial charge in [0.15, 0.2) is 0 Å². The van der Waals surface area contributed by atoms with E-state index in [0.717, 1.165) is 16.8 Å². The highest BCUT2D eigenvalue weighted by atomic mass is 35.5. The molecule has 0 aromatic heterocycles. The summed E-state index contributed by atoms with van der Waals surface area (Å²) >= 11 is 5.96. The van der Waals surface area contributed by atoms with Crippen molar-refractivity contribution in [1.29, 1.82) is 0 Å². The molecule has 0 spiro atoms. The molecule has 0 saturated carbocycles. The lowest BCUT2D eigenvalue weighted by Gasteiger charge is -2.31. The Morgan fingerprint density at radius 2 is 1.93 bits per heavy atom. The van der Waals surface area contributed by atoms with Gasteiger partial charge in [-0.25, -0.2) is 5.43 Å². The number of rotatable bonds is 4. The Kier molecular flexibility index (Phi) is 5.07. The van der Waals surface area contributed by atoms with Crippen LogP contribution in [0.5, 0.6) is 0 Å². The van der Waals surface area contributed by atoms with Crippen LogP contribution in [-0.4, -0.2) is 34.3 Å². The number of carbonyl (C=O) groups is 2. The number of halogens is 1. The minimum atomic E-state index is -0.336. The first-order valence-corrected chi connectivity index (χ1v) is 9.53. The molecule has 28 heavy (non-hydrogen) atoms. The molecule has 2 aliphatic heterocycles. The molecule has 144 valence electrons. The van der Waals surface area contributed by atoms with Crippen LogP contribution >= 0.6 is 11.6 Å². The number of fused-ring (bicyclic) bond motifs is 1. The summed E-state index contributed by atoms with van der Waals surface area (Å²) in [6, 6.07) is 14.9. The van der Waals surface area contributed by atoms with Gasteiger partial charge in [-0.15, -0.1) is 0 Å². The van der Waals surface area contributed by atoms with Crippen molar-refractivity contribution in [3.8, 4) is 0 Å². The zero-order chi connectivity index (χ0) is 19.7. The molecule has 7 heteroatoms. The lowest BCUT2D eigenvalue weighted by Crippen LogP contribution is -2.49. The maximum absolute atomic E-state index is 12.9. The molecule has 0 bridgehead atoms. The van der Waals surface area contributed by atoms with Crippen molar-refractivity contribution in [3.63, 3.8) is 0 Å². The quantitative estimate of drug-likeness (QED) is 0.832. The van der Waals surface area contributed by atoms with E-state index in [1.807, 2.05) is 66.7 Å². The summed E-state index contributed by atoms with van der Waals surface area (Å²) in [7, 11) is 0. The molecule has 0 aliphatic carbocycles. The van der Waals surface area contributed by atoms with E-state index in [0.29, 0.717) is 11.4 Å². The second-order valence-corrected chi connectivity index (χ2v) is 7.46. The lowest BCUT2D eigenvalue weighted by atomic mass is 10.0. The van der Waals surface area contributed by atoms with Gasteiger partial charge in [0.2, 0.25) is 5.91 Å². The molecule has 2 N–H and O–H groups in total. The number of hydrogen-bond donors (Lipinski definition) is 2. The van der Waals surface area contributed by atoms with E-state index in [1.165, 1.54) is 4.90 Å². The Morgan fingerprint density at radius 3 is 2.68 bits per heavy atom. The van der Waals surface area contributed by atoms with Gasteiger partial charge in [-0.3, -0.25) is 9.59 Å². The predicted molar refractivity (Wildman–Crippen MR) is 108 cm³/mol. The molecule has 0 radical (unpaired) electrons. The second-order valence-electron chi connectivity index (χ2n) is 7.02. The van der Waals surface area contributed by atoms with E-state index in [1.54, 1.807) is 6.20 Å². The van der Waals surface area contributed by atoms with Gasteiger partial charge in [0.25, 0.3) is 5.91 Å². The van der Waals surface area contributed by atoms with Crippen molar-refractivity contribution in [2.45, 2.75) is 25.4 Å². The average molecular weight is 397 g/mol. The zero-order valence-corrected chi connectivity index (χ0v) is 16.2. The van der Waals surface area contributed by atoms with Gasteiger partial charge in [-0.1, -0.05) is 41.9 Å². The number of anilines is 1. The van der Waals surface area contributed by atoms with Crippen LogP contribution < -0.4 is 10.7 Å². The summed E-state index contributed by atoms with van der Waals surface area (Å²) in [5, 5.41) is 5.37. The van der Waals surface area contributed by atoms with Crippen LogP contribution in [0, 0.1) is 6.92 Å². The first-order chi connectivity index (χ1) is 13.5. The molecule has 2 aliphatic rings. The number of carbonyl (C=O) groups excluding carboxylic acids is 2. The van der Waals surface area contributed by atoms with E-state index >= 15 is 0 Å². The zero-order valence-electron chi connectivity index (χ0n) is 15.4. The fourth-order valence-electron chi connectivity index (χ4n) is 3.54. The molecule has 2 aromatic rings. The van der Waals surface area contributed by atoms with E-state index in [2.05, 4.69) is 10.7 Å². The minimum Gasteiger partial charge on any atom is -0.324 e. The molecule has 4 rings (SSSR count). The largest absolute Gasteiger partial charge is 0.324 e. The number of para-hydroxylation sites is 1. The monoisotopic (exact) mass is 396 g/mol. The van der Waals surface area contributed by atoms with Crippen molar-refractivity contribution < 1.29 is 9.59 Å². The number of hydrogen-bond acceptors (Lipinski definition) is 4. The number of nitrogens with one attached hydrogen (secondary N) is 2. The molecule has 2 atom stereocenters. The van der Waals surface area contributed by atoms with Gasteiger partial charge in [0.05, 0.1) is 6.04 Å². The third-order valence-corrected chi connectivity index (χ3v) is 5.33. The number of benzene rings is 2. The van der Waals surface area contributed by atoms with Gasteiger partial charge < -0.3 is 15.2 Å². The van der Waals surface area contributed by atoms with Gasteiger partial charge in [0.1, 0.15) is 12.6 Å². The molecule has 2 heterocycles. The first kappa shape index (κ1) is 18.5. The maximum atomic E-state index is 12.9. The van der Waals surface area contributed by atoms with E-state index in [9.17, 15) is 9.59 Å². The summed E-state index contributed by atoms with van der Waals surface area (Å²) in [4.78, 5) is 26.8.